The second-order valence-electron chi connectivity index (χ2n) is 7.18. The van der Waals surface area contributed by atoms with Crippen molar-refractivity contribution in [2.75, 3.05) is 11.1 Å². The van der Waals surface area contributed by atoms with Crippen molar-refractivity contribution in [3.05, 3.63) is 60.2 Å². The van der Waals surface area contributed by atoms with Crippen LogP contribution in [0.2, 0.25) is 0 Å². The van der Waals surface area contributed by atoms with Crippen molar-refractivity contribution >= 4 is 39.6 Å². The zero-order valence-corrected chi connectivity index (χ0v) is 16.6. The van der Waals surface area contributed by atoms with Gasteiger partial charge in [0.1, 0.15) is 16.9 Å². The van der Waals surface area contributed by atoms with Crippen LogP contribution in [-0.2, 0) is 6.54 Å². The number of nitrogen functional groups attached to an aromatic ring is 1. The van der Waals surface area contributed by atoms with Crippen LogP contribution in [0.5, 0.6) is 0 Å². The summed E-state index contributed by atoms with van der Waals surface area (Å²) in [7, 11) is 0. The smallest absolute Gasteiger partial charge is 0.261 e. The summed E-state index contributed by atoms with van der Waals surface area (Å²) in [5, 5.41) is 2.93. The molecule has 4 rings (SSSR count). The summed E-state index contributed by atoms with van der Waals surface area (Å²) >= 11 is 0. The Kier molecular flexibility index (Phi) is 5.42. The van der Waals surface area contributed by atoms with Gasteiger partial charge in [0.25, 0.3) is 5.91 Å². The summed E-state index contributed by atoms with van der Waals surface area (Å²) in [4.78, 5) is 22.6. The maximum Gasteiger partial charge on any atom is 0.261 e. The summed E-state index contributed by atoms with van der Waals surface area (Å²) in [6.07, 6.45) is 4.43. The van der Waals surface area contributed by atoms with E-state index in [1.807, 2.05) is 59.2 Å². The van der Waals surface area contributed by atoms with E-state index in [2.05, 4.69) is 12.2 Å². The highest BCUT2D eigenvalue weighted by molar-refractivity contribution is 6.16. The highest BCUT2D eigenvalue weighted by Gasteiger charge is 2.23. The molecule has 0 radical (unpaired) electrons. The normalized spacial score (nSPS) is 11.2. The van der Waals surface area contributed by atoms with Crippen LogP contribution in [0.15, 0.2) is 54.6 Å². The number of aromatic nitrogens is 3. The van der Waals surface area contributed by atoms with E-state index in [0.717, 1.165) is 36.0 Å². The minimum Gasteiger partial charge on any atom is -0.384 e. The van der Waals surface area contributed by atoms with Crippen molar-refractivity contribution in [1.82, 2.24) is 14.5 Å². The lowest BCUT2D eigenvalue weighted by Gasteiger charge is -2.08. The maximum absolute atomic E-state index is 13.1. The molecule has 0 aliphatic carbocycles. The summed E-state index contributed by atoms with van der Waals surface area (Å²) in [5.74, 6) is 0.149. The average Bonchev–Trinajstić information content (AvgIpc) is 3.00. The van der Waals surface area contributed by atoms with Gasteiger partial charge in [0.15, 0.2) is 5.65 Å². The van der Waals surface area contributed by atoms with Gasteiger partial charge in [0.05, 0.1) is 11.0 Å². The fraction of sp³-hybridized carbons (Fsp3) is 0.261. The number of rotatable bonds is 7. The molecule has 0 aliphatic heterocycles. The highest BCUT2D eigenvalue weighted by atomic mass is 16.1. The van der Waals surface area contributed by atoms with Crippen molar-refractivity contribution in [1.29, 1.82) is 0 Å². The number of carbonyl (C=O) groups is 1. The molecule has 0 unspecified atom stereocenters. The molecule has 4 aromatic rings. The molecule has 29 heavy (non-hydrogen) atoms. The minimum absolute atomic E-state index is 0.268. The molecule has 0 spiro atoms. The van der Waals surface area contributed by atoms with Gasteiger partial charge in [0, 0.05) is 12.2 Å². The number of nitrogens with zero attached hydrogens (tertiary/aromatic N) is 3. The van der Waals surface area contributed by atoms with Crippen molar-refractivity contribution in [3.63, 3.8) is 0 Å². The number of unbranched alkanes of at least 4 members (excludes halogenated alkanes) is 3. The van der Waals surface area contributed by atoms with Crippen LogP contribution in [0.3, 0.4) is 0 Å². The number of fused-ring (bicyclic) bond motifs is 2. The summed E-state index contributed by atoms with van der Waals surface area (Å²) in [5.41, 5.74) is 10.3. The monoisotopic (exact) mass is 387 g/mol. The summed E-state index contributed by atoms with van der Waals surface area (Å²) in [6, 6.07) is 17.0. The molecule has 0 atom stereocenters. The number of hydrogen-bond donors (Lipinski definition) is 2. The Morgan fingerprint density at radius 2 is 1.66 bits per heavy atom. The predicted molar refractivity (Wildman–Crippen MR) is 118 cm³/mol. The molecule has 0 saturated carbocycles. The van der Waals surface area contributed by atoms with Gasteiger partial charge in [-0.3, -0.25) is 4.79 Å². The lowest BCUT2D eigenvalue weighted by molar-refractivity contribution is 0.102. The number of para-hydroxylation sites is 3. The molecule has 6 heteroatoms. The average molecular weight is 387 g/mol. The standard InChI is InChI=1S/C23H25N5O/c1-2-3-4-10-15-28-21(24)19(23(29)25-16-11-6-5-7-12-16)20-22(28)27-18-14-9-8-13-17(18)26-20/h5-9,11-14H,2-4,10,15,24H2,1H3,(H,25,29). The molecule has 148 valence electrons. The number of nitrogens with two attached hydrogens (primary N) is 1. The van der Waals surface area contributed by atoms with Crippen LogP contribution in [0.1, 0.15) is 43.0 Å². The molecule has 6 nitrogen and oxygen atoms in total. The van der Waals surface area contributed by atoms with Crippen LogP contribution in [0.4, 0.5) is 11.5 Å². The molecule has 0 saturated heterocycles. The van der Waals surface area contributed by atoms with E-state index in [0.29, 0.717) is 29.1 Å². The SMILES string of the molecule is CCCCCCn1c(N)c(C(=O)Nc2ccccc2)c2nc3ccccc3nc21. The molecule has 2 aromatic carbocycles. The van der Waals surface area contributed by atoms with Gasteiger partial charge in [-0.1, -0.05) is 56.5 Å². The Labute approximate surface area is 169 Å². The van der Waals surface area contributed by atoms with Crippen molar-refractivity contribution in [2.24, 2.45) is 0 Å². The van der Waals surface area contributed by atoms with E-state index in [1.165, 1.54) is 6.42 Å². The second kappa shape index (κ2) is 8.31. The Morgan fingerprint density at radius 3 is 2.38 bits per heavy atom. The molecular formula is C23H25N5O. The molecule has 0 fully saturated rings. The van der Waals surface area contributed by atoms with Gasteiger partial charge >= 0.3 is 0 Å². The van der Waals surface area contributed by atoms with Gasteiger partial charge in [-0.25, -0.2) is 9.97 Å². The Hall–Kier alpha value is -3.41. The summed E-state index contributed by atoms with van der Waals surface area (Å²) < 4.78 is 1.93. The number of carbonyl (C=O) groups excluding carboxylic acids is 1. The van der Waals surface area contributed by atoms with Crippen LogP contribution in [0, 0.1) is 0 Å². The fourth-order valence-electron chi connectivity index (χ4n) is 3.58. The van der Waals surface area contributed by atoms with E-state index < -0.39 is 0 Å². The molecule has 2 aromatic heterocycles. The lowest BCUT2D eigenvalue weighted by atomic mass is 10.2. The van der Waals surface area contributed by atoms with Gasteiger partial charge < -0.3 is 15.6 Å². The first-order chi connectivity index (χ1) is 14.2. The predicted octanol–water partition coefficient (Wildman–Crippen LogP) is 5.00. The van der Waals surface area contributed by atoms with Crippen molar-refractivity contribution < 1.29 is 4.79 Å². The number of benzene rings is 2. The molecular weight excluding hydrogens is 362 g/mol. The lowest BCUT2D eigenvalue weighted by Crippen LogP contribution is -2.14. The van der Waals surface area contributed by atoms with E-state index >= 15 is 0 Å². The fourth-order valence-corrected chi connectivity index (χ4v) is 3.58. The third kappa shape index (κ3) is 3.78. The van der Waals surface area contributed by atoms with E-state index in [4.69, 9.17) is 15.7 Å². The minimum atomic E-state index is -0.268. The zero-order chi connectivity index (χ0) is 20.2. The topological polar surface area (TPSA) is 85.8 Å². The molecule has 0 aliphatic rings. The number of anilines is 2. The second-order valence-corrected chi connectivity index (χ2v) is 7.18. The van der Waals surface area contributed by atoms with Gasteiger partial charge in [-0.05, 0) is 30.7 Å². The van der Waals surface area contributed by atoms with Crippen molar-refractivity contribution in [3.8, 4) is 0 Å². The third-order valence-electron chi connectivity index (χ3n) is 5.09. The van der Waals surface area contributed by atoms with Crippen LogP contribution in [0.25, 0.3) is 22.2 Å². The highest BCUT2D eigenvalue weighted by Crippen LogP contribution is 2.29. The number of aryl methyl sites for hydroxylation is 1. The zero-order valence-electron chi connectivity index (χ0n) is 16.6. The number of amides is 1. The Balaban J connectivity index is 1.80. The first-order valence-electron chi connectivity index (χ1n) is 10.1. The largest absolute Gasteiger partial charge is 0.384 e. The van der Waals surface area contributed by atoms with Gasteiger partial charge in [0.2, 0.25) is 0 Å². The number of nitrogens with one attached hydrogen (secondary N) is 1. The van der Waals surface area contributed by atoms with E-state index in [9.17, 15) is 4.79 Å². The molecule has 3 N–H and O–H groups in total. The van der Waals surface area contributed by atoms with Gasteiger partial charge in [-0.2, -0.15) is 0 Å². The maximum atomic E-state index is 13.1. The molecule has 1 amide bonds. The first kappa shape index (κ1) is 18.9. The van der Waals surface area contributed by atoms with E-state index in [1.54, 1.807) is 0 Å². The molecule has 2 heterocycles. The van der Waals surface area contributed by atoms with Crippen molar-refractivity contribution in [2.45, 2.75) is 39.2 Å². The van der Waals surface area contributed by atoms with E-state index in [-0.39, 0.29) is 5.91 Å². The first-order valence-corrected chi connectivity index (χ1v) is 10.1. The quantitative estimate of drug-likeness (QED) is 0.437. The van der Waals surface area contributed by atoms with Crippen LogP contribution in [-0.4, -0.2) is 20.4 Å². The summed E-state index contributed by atoms with van der Waals surface area (Å²) in [6.45, 7) is 2.90. The Bertz CT molecular complexity index is 1150. The van der Waals surface area contributed by atoms with Crippen LogP contribution < -0.4 is 11.1 Å². The third-order valence-corrected chi connectivity index (χ3v) is 5.09. The Morgan fingerprint density at radius 1 is 0.966 bits per heavy atom. The number of hydrogen-bond acceptors (Lipinski definition) is 4. The van der Waals surface area contributed by atoms with Gasteiger partial charge in [-0.15, -0.1) is 0 Å². The van der Waals surface area contributed by atoms with Crippen LogP contribution >= 0.6 is 0 Å². The molecule has 0 bridgehead atoms.